The fourth-order valence-electron chi connectivity index (χ4n) is 5.63. The number of fused-ring (bicyclic) bond motifs is 1. The Kier molecular flexibility index (Phi) is 9.05. The van der Waals surface area contributed by atoms with E-state index >= 15 is 4.39 Å². The van der Waals surface area contributed by atoms with Gasteiger partial charge in [0, 0.05) is 35.1 Å². The topological polar surface area (TPSA) is 132 Å². The van der Waals surface area contributed by atoms with Crippen LogP contribution in [0.5, 0.6) is 5.75 Å². The lowest BCUT2D eigenvalue weighted by molar-refractivity contribution is -0.160. The maximum atomic E-state index is 15.1. The second kappa shape index (κ2) is 12.6. The normalized spacial score (nSPS) is 18.5. The summed E-state index contributed by atoms with van der Waals surface area (Å²) in [6, 6.07) is 5.30. The predicted molar refractivity (Wildman–Crippen MR) is 152 cm³/mol. The van der Waals surface area contributed by atoms with E-state index in [1.807, 2.05) is 0 Å². The number of carbonyl (C=O) groups excluding carboxylic acids is 2. The third kappa shape index (κ3) is 6.72. The van der Waals surface area contributed by atoms with Gasteiger partial charge in [-0.05, 0) is 50.1 Å². The number of rotatable bonds is 8. The second-order valence-electron chi connectivity index (χ2n) is 11.3. The number of nitrogens with zero attached hydrogens (tertiary/aromatic N) is 3. The van der Waals surface area contributed by atoms with Crippen molar-refractivity contribution in [3.05, 3.63) is 88.4 Å². The number of pyridine rings is 1. The Morgan fingerprint density at radius 2 is 1.73 bits per heavy atom. The summed E-state index contributed by atoms with van der Waals surface area (Å²) in [6.45, 7) is -0.0391. The molecule has 3 N–H and O–H groups in total. The summed E-state index contributed by atoms with van der Waals surface area (Å²) in [6.07, 6.45) is -8.53. The summed E-state index contributed by atoms with van der Waals surface area (Å²) in [5.41, 5.74) is -6.31. The van der Waals surface area contributed by atoms with Crippen molar-refractivity contribution in [1.29, 1.82) is 0 Å². The van der Waals surface area contributed by atoms with Crippen LogP contribution in [0.4, 0.5) is 40.8 Å². The van der Waals surface area contributed by atoms with Crippen molar-refractivity contribution in [2.75, 3.05) is 18.5 Å². The van der Waals surface area contributed by atoms with Crippen molar-refractivity contribution in [2.24, 2.45) is 0 Å². The molecule has 1 fully saturated rings. The SMILES string of the molecule is C[C@]12CCCN1N(Cc1ccc(OCC(=O)O)c(F)c1F)C(=O)C(C(=O)Nc1ccc(C(F)(F)F)cc1-c1ccc(C(F)(F)F)nc1)=C2O. The molecule has 0 radical (unpaired) electrons. The number of aliphatic carboxylic acids is 1. The molecule has 5 rings (SSSR count). The number of aromatic nitrogens is 1. The Balaban J connectivity index is 1.51. The molecule has 0 saturated carbocycles. The maximum Gasteiger partial charge on any atom is 0.433 e. The molecule has 2 aliphatic rings. The maximum absolute atomic E-state index is 15.1. The number of carbonyl (C=O) groups is 3. The molecule has 2 aromatic carbocycles. The third-order valence-corrected chi connectivity index (χ3v) is 8.08. The van der Waals surface area contributed by atoms with E-state index in [1.54, 1.807) is 0 Å². The number of alkyl halides is 6. The van der Waals surface area contributed by atoms with Crippen LogP contribution in [-0.2, 0) is 33.3 Å². The Morgan fingerprint density at radius 1 is 1.02 bits per heavy atom. The minimum atomic E-state index is -4.90. The summed E-state index contributed by atoms with van der Waals surface area (Å²) in [4.78, 5) is 41.5. The Hall–Kier alpha value is -5.26. The van der Waals surface area contributed by atoms with Crippen LogP contribution in [0.3, 0.4) is 0 Å². The van der Waals surface area contributed by atoms with E-state index < -0.39 is 99.9 Å². The lowest BCUT2D eigenvalue weighted by Gasteiger charge is -2.46. The van der Waals surface area contributed by atoms with Gasteiger partial charge in [-0.1, -0.05) is 12.1 Å². The van der Waals surface area contributed by atoms with Crippen LogP contribution in [0.1, 0.15) is 36.6 Å². The molecule has 10 nitrogen and oxygen atoms in total. The molecule has 18 heteroatoms. The number of hydrogen-bond acceptors (Lipinski definition) is 7. The van der Waals surface area contributed by atoms with E-state index in [9.17, 15) is 50.2 Å². The van der Waals surface area contributed by atoms with E-state index in [2.05, 4.69) is 10.3 Å². The number of amides is 2. The zero-order valence-electron chi connectivity index (χ0n) is 25.0. The zero-order chi connectivity index (χ0) is 36.1. The van der Waals surface area contributed by atoms with Crippen molar-refractivity contribution < 1.29 is 64.5 Å². The van der Waals surface area contributed by atoms with Crippen LogP contribution < -0.4 is 10.1 Å². The number of hydrogen-bond donors (Lipinski definition) is 3. The minimum absolute atomic E-state index is 0.134. The number of carboxylic acids is 1. The molecule has 2 amide bonds. The molecule has 1 atom stereocenters. The smallest absolute Gasteiger partial charge is 0.433 e. The van der Waals surface area contributed by atoms with Crippen molar-refractivity contribution in [3.63, 3.8) is 0 Å². The van der Waals surface area contributed by atoms with Gasteiger partial charge in [-0.15, -0.1) is 0 Å². The number of aliphatic hydroxyl groups is 1. The summed E-state index contributed by atoms with van der Waals surface area (Å²) in [5, 5.41) is 24.5. The first-order chi connectivity index (χ1) is 22.8. The quantitative estimate of drug-likeness (QED) is 0.190. The van der Waals surface area contributed by atoms with Crippen LogP contribution in [-0.4, -0.2) is 61.7 Å². The van der Waals surface area contributed by atoms with Gasteiger partial charge in [-0.25, -0.2) is 14.2 Å². The average molecular weight is 701 g/mol. The fraction of sp³-hybridized carbons (Fsp3) is 0.290. The van der Waals surface area contributed by atoms with Gasteiger partial charge in [0.05, 0.1) is 17.6 Å². The largest absolute Gasteiger partial charge is 0.509 e. The van der Waals surface area contributed by atoms with Crippen LogP contribution in [0, 0.1) is 11.6 Å². The lowest BCUT2D eigenvalue weighted by atomic mass is 9.90. The summed E-state index contributed by atoms with van der Waals surface area (Å²) in [7, 11) is 0. The molecule has 0 aliphatic carbocycles. The number of carboxylic acid groups (broad SMARTS) is 1. The predicted octanol–water partition coefficient (Wildman–Crippen LogP) is 6.09. The number of hydrazine groups is 1. The first-order valence-corrected chi connectivity index (χ1v) is 14.2. The standard InChI is InChI=1S/C31H24F8N4O6/c1-29-9-2-10-43(29)42(13-16-3-7-20(25(33)24(16)32)49-14-22(44)45)28(48)23(26(29)46)27(47)41-19-6-5-17(30(34,35)36)11-18(19)15-4-8-21(40-12-15)31(37,38)39/h3-8,11-12,46H,2,9-10,13-14H2,1H3,(H,41,47)(H,44,45)/t29-/m1/s1. The van der Waals surface area contributed by atoms with Gasteiger partial charge in [-0.2, -0.15) is 30.7 Å². The first-order valence-electron chi connectivity index (χ1n) is 14.2. The second-order valence-corrected chi connectivity index (χ2v) is 11.3. The molecule has 0 unspecified atom stereocenters. The molecule has 0 bridgehead atoms. The first kappa shape index (κ1) is 35.1. The van der Waals surface area contributed by atoms with Crippen molar-refractivity contribution in [1.82, 2.24) is 15.0 Å². The molecule has 49 heavy (non-hydrogen) atoms. The van der Waals surface area contributed by atoms with Gasteiger partial charge in [-0.3, -0.25) is 19.6 Å². The summed E-state index contributed by atoms with van der Waals surface area (Å²) >= 11 is 0. The fourth-order valence-corrected chi connectivity index (χ4v) is 5.63. The highest BCUT2D eigenvalue weighted by Crippen LogP contribution is 2.43. The van der Waals surface area contributed by atoms with Crippen molar-refractivity contribution in [3.8, 4) is 16.9 Å². The highest BCUT2D eigenvalue weighted by atomic mass is 19.4. The van der Waals surface area contributed by atoms with Gasteiger partial charge in [0.1, 0.15) is 17.0 Å². The number of aliphatic hydroxyl groups excluding tert-OH is 1. The molecule has 3 heterocycles. The third-order valence-electron chi connectivity index (χ3n) is 8.08. The molecule has 1 aromatic heterocycles. The number of ether oxygens (including phenoxy) is 1. The Morgan fingerprint density at radius 3 is 2.35 bits per heavy atom. The highest BCUT2D eigenvalue weighted by Gasteiger charge is 2.53. The molecular weight excluding hydrogens is 676 g/mol. The zero-order valence-corrected chi connectivity index (χ0v) is 25.0. The van der Waals surface area contributed by atoms with Gasteiger partial charge in [0.15, 0.2) is 18.2 Å². The molecule has 3 aromatic rings. The molecule has 0 spiro atoms. The number of halogens is 8. The van der Waals surface area contributed by atoms with Gasteiger partial charge >= 0.3 is 18.3 Å². The molecule has 2 aliphatic heterocycles. The van der Waals surface area contributed by atoms with E-state index in [4.69, 9.17) is 9.84 Å². The highest BCUT2D eigenvalue weighted by molar-refractivity contribution is 6.24. The number of nitrogens with one attached hydrogen (secondary N) is 1. The van der Waals surface area contributed by atoms with Gasteiger partial charge in [0.2, 0.25) is 5.82 Å². The van der Waals surface area contributed by atoms with Crippen molar-refractivity contribution >= 4 is 23.5 Å². The molecule has 1 saturated heterocycles. The number of benzene rings is 2. The van der Waals surface area contributed by atoms with Crippen LogP contribution >= 0.6 is 0 Å². The van der Waals surface area contributed by atoms with E-state index in [-0.39, 0.29) is 24.2 Å². The Labute approximate surface area is 271 Å². The minimum Gasteiger partial charge on any atom is -0.509 e. The van der Waals surface area contributed by atoms with E-state index in [0.29, 0.717) is 30.8 Å². The Bertz CT molecular complexity index is 1860. The monoisotopic (exact) mass is 700 g/mol. The van der Waals surface area contributed by atoms with Crippen LogP contribution in [0.25, 0.3) is 11.1 Å². The van der Waals surface area contributed by atoms with Gasteiger partial charge < -0.3 is 20.3 Å². The van der Waals surface area contributed by atoms with Gasteiger partial charge in [0.25, 0.3) is 11.8 Å². The lowest BCUT2D eigenvalue weighted by Crippen LogP contribution is -2.60. The van der Waals surface area contributed by atoms with Crippen molar-refractivity contribution in [2.45, 2.75) is 44.2 Å². The van der Waals surface area contributed by atoms with E-state index in [1.165, 1.54) is 11.9 Å². The van der Waals surface area contributed by atoms with Crippen LogP contribution in [0.2, 0.25) is 0 Å². The van der Waals surface area contributed by atoms with E-state index in [0.717, 1.165) is 29.3 Å². The average Bonchev–Trinajstić information content (AvgIpc) is 3.43. The molecule has 260 valence electrons. The number of anilines is 1. The summed E-state index contributed by atoms with van der Waals surface area (Å²) < 4.78 is 115. The molecular formula is C31H24F8N4O6. The van der Waals surface area contributed by atoms with Crippen LogP contribution in [0.15, 0.2) is 60.0 Å². The summed E-state index contributed by atoms with van der Waals surface area (Å²) in [5.74, 6) is -8.41.